The second kappa shape index (κ2) is 4.74. The van der Waals surface area contributed by atoms with Crippen molar-refractivity contribution in [2.45, 2.75) is 91.1 Å². The molecule has 4 rings (SSSR count). The lowest BCUT2D eigenvalue weighted by Gasteiger charge is -2.61. The van der Waals surface area contributed by atoms with E-state index in [2.05, 4.69) is 27.7 Å². The SMILES string of the molecule is C[C@H]1CC[C@H]2[C@@H]3CC[C@H]4C[C@@](C)(O)CC[C@]4(C)[C@H]3CC[C@]12C. The summed E-state index contributed by atoms with van der Waals surface area (Å²) in [6.07, 6.45) is 12.1. The standard InChI is InChI=1S/C21H36O/c1-14-5-8-17-16-7-6-15-13-19(2,22)11-12-21(15,4)18(16)9-10-20(14,17)3/h14-18,22H,5-13H2,1-4H3/t14-,15-,16-,17-,18-,19-,20+,21-/m0/s1. The van der Waals surface area contributed by atoms with Gasteiger partial charge in [0.2, 0.25) is 0 Å². The minimum absolute atomic E-state index is 0.387. The topological polar surface area (TPSA) is 20.2 Å². The van der Waals surface area contributed by atoms with E-state index in [1.807, 2.05) is 0 Å². The van der Waals surface area contributed by atoms with Crippen LogP contribution in [0.25, 0.3) is 0 Å². The molecule has 4 fully saturated rings. The number of hydrogen-bond donors (Lipinski definition) is 1. The van der Waals surface area contributed by atoms with Crippen LogP contribution >= 0.6 is 0 Å². The fourth-order valence-corrected chi connectivity index (χ4v) is 7.69. The summed E-state index contributed by atoms with van der Waals surface area (Å²) in [4.78, 5) is 0. The molecule has 8 atom stereocenters. The van der Waals surface area contributed by atoms with Crippen LogP contribution in [0.15, 0.2) is 0 Å². The summed E-state index contributed by atoms with van der Waals surface area (Å²) in [5.74, 6) is 4.66. The normalized spacial score (nSPS) is 61.2. The Bertz CT molecular complexity index is 455. The zero-order chi connectivity index (χ0) is 15.8. The zero-order valence-electron chi connectivity index (χ0n) is 15.2. The van der Waals surface area contributed by atoms with Crippen LogP contribution in [0.3, 0.4) is 0 Å². The molecule has 1 N–H and O–H groups in total. The molecule has 0 aromatic heterocycles. The summed E-state index contributed by atoms with van der Waals surface area (Å²) in [5, 5.41) is 10.5. The lowest BCUT2D eigenvalue weighted by atomic mass is 9.44. The van der Waals surface area contributed by atoms with E-state index in [-0.39, 0.29) is 5.60 Å². The van der Waals surface area contributed by atoms with E-state index in [1.165, 1.54) is 44.9 Å². The van der Waals surface area contributed by atoms with E-state index in [9.17, 15) is 5.11 Å². The Morgan fingerprint density at radius 2 is 1.50 bits per heavy atom. The molecule has 0 amide bonds. The molecule has 0 saturated heterocycles. The van der Waals surface area contributed by atoms with Crippen LogP contribution in [-0.4, -0.2) is 10.7 Å². The molecule has 4 aliphatic rings. The molecule has 1 heteroatoms. The van der Waals surface area contributed by atoms with E-state index in [4.69, 9.17) is 0 Å². The van der Waals surface area contributed by atoms with Crippen LogP contribution in [-0.2, 0) is 0 Å². The predicted molar refractivity (Wildman–Crippen MR) is 91.5 cm³/mol. The van der Waals surface area contributed by atoms with Crippen molar-refractivity contribution >= 4 is 0 Å². The summed E-state index contributed by atoms with van der Waals surface area (Å²) in [7, 11) is 0. The summed E-state index contributed by atoms with van der Waals surface area (Å²) in [6.45, 7) is 9.82. The van der Waals surface area contributed by atoms with Crippen LogP contribution in [0.1, 0.15) is 85.5 Å². The van der Waals surface area contributed by atoms with Crippen molar-refractivity contribution in [3.05, 3.63) is 0 Å². The minimum atomic E-state index is -0.387. The molecular formula is C21H36O. The molecule has 126 valence electrons. The summed E-state index contributed by atoms with van der Waals surface area (Å²) in [6, 6.07) is 0. The molecule has 0 bridgehead atoms. The van der Waals surface area contributed by atoms with Crippen molar-refractivity contribution in [1.82, 2.24) is 0 Å². The van der Waals surface area contributed by atoms with Crippen molar-refractivity contribution in [2.24, 2.45) is 40.4 Å². The Kier molecular flexibility index (Phi) is 3.34. The Morgan fingerprint density at radius 3 is 2.27 bits per heavy atom. The average molecular weight is 305 g/mol. The fraction of sp³-hybridized carbons (Fsp3) is 1.00. The van der Waals surface area contributed by atoms with Gasteiger partial charge in [0.15, 0.2) is 0 Å². The molecule has 0 radical (unpaired) electrons. The quantitative estimate of drug-likeness (QED) is 0.634. The maximum absolute atomic E-state index is 10.5. The first kappa shape index (κ1) is 15.5. The zero-order valence-corrected chi connectivity index (χ0v) is 15.2. The van der Waals surface area contributed by atoms with Gasteiger partial charge in [-0.2, -0.15) is 0 Å². The highest BCUT2D eigenvalue weighted by Crippen LogP contribution is 2.67. The van der Waals surface area contributed by atoms with Crippen LogP contribution in [0.4, 0.5) is 0 Å². The van der Waals surface area contributed by atoms with E-state index in [0.717, 1.165) is 42.4 Å². The van der Waals surface area contributed by atoms with E-state index >= 15 is 0 Å². The van der Waals surface area contributed by atoms with Gasteiger partial charge in [-0.15, -0.1) is 0 Å². The van der Waals surface area contributed by atoms with Crippen molar-refractivity contribution < 1.29 is 5.11 Å². The minimum Gasteiger partial charge on any atom is -0.390 e. The summed E-state index contributed by atoms with van der Waals surface area (Å²) < 4.78 is 0. The van der Waals surface area contributed by atoms with E-state index in [0.29, 0.717) is 10.8 Å². The molecule has 0 unspecified atom stereocenters. The van der Waals surface area contributed by atoms with Crippen molar-refractivity contribution in [3.8, 4) is 0 Å². The third-order valence-corrected chi connectivity index (χ3v) is 9.43. The molecule has 4 saturated carbocycles. The lowest BCUT2D eigenvalue weighted by Crippen LogP contribution is -2.55. The number of hydrogen-bond acceptors (Lipinski definition) is 1. The average Bonchev–Trinajstić information content (AvgIpc) is 2.76. The number of fused-ring (bicyclic) bond motifs is 5. The first-order valence-electron chi connectivity index (χ1n) is 9.99. The highest BCUT2D eigenvalue weighted by atomic mass is 16.3. The van der Waals surface area contributed by atoms with Gasteiger partial charge < -0.3 is 5.11 Å². The second-order valence-corrected chi connectivity index (χ2v) is 10.4. The van der Waals surface area contributed by atoms with Gasteiger partial charge in [-0.25, -0.2) is 0 Å². The van der Waals surface area contributed by atoms with Crippen LogP contribution in [0.5, 0.6) is 0 Å². The Hall–Kier alpha value is -0.0400. The molecule has 22 heavy (non-hydrogen) atoms. The molecule has 0 aliphatic heterocycles. The van der Waals surface area contributed by atoms with Gasteiger partial charge in [0.05, 0.1) is 5.60 Å². The monoisotopic (exact) mass is 304 g/mol. The Labute approximate surface area is 137 Å². The van der Waals surface area contributed by atoms with Crippen LogP contribution in [0.2, 0.25) is 0 Å². The van der Waals surface area contributed by atoms with Gasteiger partial charge in [-0.3, -0.25) is 0 Å². The molecule has 0 heterocycles. The molecular weight excluding hydrogens is 268 g/mol. The van der Waals surface area contributed by atoms with Crippen molar-refractivity contribution in [2.75, 3.05) is 0 Å². The highest BCUT2D eigenvalue weighted by Gasteiger charge is 2.60. The maximum Gasteiger partial charge on any atom is 0.0622 e. The molecule has 0 aromatic rings. The van der Waals surface area contributed by atoms with Gasteiger partial charge in [-0.1, -0.05) is 20.8 Å². The van der Waals surface area contributed by atoms with Crippen LogP contribution in [0, 0.1) is 40.4 Å². The summed E-state index contributed by atoms with van der Waals surface area (Å²) >= 11 is 0. The van der Waals surface area contributed by atoms with Gasteiger partial charge in [-0.05, 0) is 105 Å². The first-order chi connectivity index (χ1) is 10.3. The second-order valence-electron chi connectivity index (χ2n) is 10.4. The van der Waals surface area contributed by atoms with Crippen molar-refractivity contribution in [1.29, 1.82) is 0 Å². The third kappa shape index (κ3) is 2.00. The molecule has 0 aromatic carbocycles. The largest absolute Gasteiger partial charge is 0.390 e. The van der Waals surface area contributed by atoms with E-state index in [1.54, 1.807) is 0 Å². The van der Waals surface area contributed by atoms with Gasteiger partial charge >= 0.3 is 0 Å². The maximum atomic E-state index is 10.5. The molecule has 0 spiro atoms. The van der Waals surface area contributed by atoms with Gasteiger partial charge in [0, 0.05) is 0 Å². The lowest BCUT2D eigenvalue weighted by molar-refractivity contribution is -0.145. The Balaban J connectivity index is 1.62. The molecule has 4 aliphatic carbocycles. The third-order valence-electron chi connectivity index (χ3n) is 9.43. The van der Waals surface area contributed by atoms with Gasteiger partial charge in [0.25, 0.3) is 0 Å². The number of aliphatic hydroxyl groups is 1. The molecule has 1 nitrogen and oxygen atoms in total. The fourth-order valence-electron chi connectivity index (χ4n) is 7.69. The number of rotatable bonds is 0. The summed E-state index contributed by atoms with van der Waals surface area (Å²) in [5.41, 5.74) is 0.783. The van der Waals surface area contributed by atoms with Gasteiger partial charge in [0.1, 0.15) is 0 Å². The predicted octanol–water partition coefficient (Wildman–Crippen LogP) is 5.42. The Morgan fingerprint density at radius 1 is 0.773 bits per heavy atom. The van der Waals surface area contributed by atoms with E-state index < -0.39 is 0 Å². The smallest absolute Gasteiger partial charge is 0.0622 e. The highest BCUT2D eigenvalue weighted by molar-refractivity contribution is 5.09. The van der Waals surface area contributed by atoms with Crippen LogP contribution < -0.4 is 0 Å². The van der Waals surface area contributed by atoms with Crippen molar-refractivity contribution in [3.63, 3.8) is 0 Å². The first-order valence-corrected chi connectivity index (χ1v) is 9.99.